The van der Waals surface area contributed by atoms with E-state index in [4.69, 9.17) is 4.74 Å². The molecule has 2 saturated heterocycles. The Morgan fingerprint density at radius 3 is 2.58 bits per heavy atom. The van der Waals surface area contributed by atoms with Gasteiger partial charge in [0.15, 0.2) is 5.96 Å². The lowest BCUT2D eigenvalue weighted by molar-refractivity contribution is -0.135. The molecule has 3 aliphatic rings. The van der Waals surface area contributed by atoms with Crippen molar-refractivity contribution in [1.29, 1.82) is 0 Å². The van der Waals surface area contributed by atoms with Crippen molar-refractivity contribution in [3.05, 3.63) is 35.4 Å². The minimum atomic E-state index is 0. The molecule has 3 fully saturated rings. The Morgan fingerprint density at radius 2 is 1.85 bits per heavy atom. The number of aryl methyl sites for hydroxylation is 1. The molecule has 1 aromatic rings. The van der Waals surface area contributed by atoms with Crippen LogP contribution in [0.4, 0.5) is 0 Å². The van der Waals surface area contributed by atoms with Gasteiger partial charge in [-0.15, -0.1) is 24.0 Å². The number of hydrogen-bond donors (Lipinski definition) is 2. The third kappa shape index (κ3) is 7.07. The number of nitrogens with one attached hydrogen (secondary N) is 2. The summed E-state index contributed by atoms with van der Waals surface area (Å²) in [7, 11) is 1.82. The quantitative estimate of drug-likeness (QED) is 0.314. The van der Waals surface area contributed by atoms with E-state index in [-0.39, 0.29) is 42.0 Å². The molecule has 2 heterocycles. The van der Waals surface area contributed by atoms with Crippen LogP contribution >= 0.6 is 24.0 Å². The summed E-state index contributed by atoms with van der Waals surface area (Å²) in [4.78, 5) is 19.4. The van der Waals surface area contributed by atoms with Crippen molar-refractivity contribution in [1.82, 2.24) is 15.5 Å². The molecule has 2 N–H and O–H groups in total. The van der Waals surface area contributed by atoms with E-state index < -0.39 is 0 Å². The molecule has 0 bridgehead atoms. The Balaban J connectivity index is 0.00000306. The predicted octanol–water partition coefficient (Wildman–Crippen LogP) is 4.43. The fourth-order valence-electron chi connectivity index (χ4n) is 5.48. The molecule has 3 atom stereocenters. The molecule has 1 aromatic carbocycles. The van der Waals surface area contributed by atoms with Crippen LogP contribution in [0.1, 0.15) is 68.6 Å². The van der Waals surface area contributed by atoms with Crippen LogP contribution in [0.3, 0.4) is 0 Å². The third-order valence-corrected chi connectivity index (χ3v) is 7.40. The molecule has 7 heteroatoms. The van der Waals surface area contributed by atoms with Crippen molar-refractivity contribution in [3.8, 4) is 0 Å². The van der Waals surface area contributed by atoms with E-state index in [1.54, 1.807) is 0 Å². The minimum Gasteiger partial charge on any atom is -0.373 e. The van der Waals surface area contributed by atoms with Crippen molar-refractivity contribution in [2.24, 2.45) is 16.8 Å². The second-order valence-corrected chi connectivity index (χ2v) is 9.81. The largest absolute Gasteiger partial charge is 0.373 e. The fraction of sp³-hybridized carbons (Fsp3) is 0.692. The van der Waals surface area contributed by atoms with Crippen molar-refractivity contribution >= 4 is 35.8 Å². The number of rotatable bonds is 5. The van der Waals surface area contributed by atoms with Crippen LogP contribution in [-0.4, -0.2) is 56.1 Å². The van der Waals surface area contributed by atoms with E-state index in [0.717, 1.165) is 64.3 Å². The highest BCUT2D eigenvalue weighted by Crippen LogP contribution is 2.33. The number of amides is 1. The van der Waals surface area contributed by atoms with Crippen molar-refractivity contribution < 1.29 is 9.53 Å². The lowest BCUT2D eigenvalue weighted by atomic mass is 9.88. The van der Waals surface area contributed by atoms with Crippen LogP contribution in [0.5, 0.6) is 0 Å². The van der Waals surface area contributed by atoms with Crippen molar-refractivity contribution in [3.63, 3.8) is 0 Å². The Bertz CT molecular complexity index is 779. The molecule has 1 amide bonds. The predicted molar refractivity (Wildman–Crippen MR) is 144 cm³/mol. The minimum absolute atomic E-state index is 0. The summed E-state index contributed by atoms with van der Waals surface area (Å²) in [6, 6.07) is 8.99. The molecule has 6 nitrogen and oxygen atoms in total. The molecule has 184 valence electrons. The number of benzene rings is 1. The number of guanidine groups is 1. The molecule has 3 unspecified atom stereocenters. The van der Waals surface area contributed by atoms with Crippen LogP contribution in [0.25, 0.3) is 0 Å². The van der Waals surface area contributed by atoms with Crippen LogP contribution in [0, 0.1) is 18.8 Å². The van der Waals surface area contributed by atoms with Crippen LogP contribution in [-0.2, 0) is 9.53 Å². The summed E-state index contributed by atoms with van der Waals surface area (Å²) in [5.41, 5.74) is 2.54. The van der Waals surface area contributed by atoms with Crippen LogP contribution < -0.4 is 10.6 Å². The van der Waals surface area contributed by atoms with E-state index in [9.17, 15) is 4.79 Å². The van der Waals surface area contributed by atoms with Gasteiger partial charge in [0.25, 0.3) is 0 Å². The standard InChI is InChI=1S/C26H40N4O2.HI/c1-19-10-12-20(13-11-19)24-22(9-6-16-32-24)17-28-26(27-2)29-23-14-15-30(18-23)25(31)21-7-4-3-5-8-21;/h10-13,21-24H,3-9,14-18H2,1-2H3,(H2,27,28,29);1H. The molecule has 0 radical (unpaired) electrons. The van der Waals surface area contributed by atoms with Crippen molar-refractivity contribution in [2.45, 2.75) is 70.4 Å². The number of hydrogen-bond acceptors (Lipinski definition) is 3. The number of carbonyl (C=O) groups is 1. The Labute approximate surface area is 216 Å². The first kappa shape index (κ1) is 26.3. The Morgan fingerprint density at radius 1 is 1.09 bits per heavy atom. The van der Waals surface area contributed by atoms with Gasteiger partial charge in [-0.05, 0) is 44.6 Å². The van der Waals surface area contributed by atoms with Gasteiger partial charge in [-0.25, -0.2) is 0 Å². The maximum atomic E-state index is 12.9. The fourth-order valence-corrected chi connectivity index (χ4v) is 5.48. The van der Waals surface area contributed by atoms with Crippen LogP contribution in [0.15, 0.2) is 29.3 Å². The molecule has 0 spiro atoms. The van der Waals surface area contributed by atoms with Crippen LogP contribution in [0.2, 0.25) is 0 Å². The maximum absolute atomic E-state index is 12.9. The monoisotopic (exact) mass is 568 g/mol. The molecule has 4 rings (SSSR count). The zero-order valence-electron chi connectivity index (χ0n) is 20.2. The number of halogens is 1. The molecule has 1 aliphatic carbocycles. The van der Waals surface area contributed by atoms with Gasteiger partial charge in [-0.3, -0.25) is 9.79 Å². The average molecular weight is 569 g/mol. The van der Waals surface area contributed by atoms with Gasteiger partial charge in [-0.2, -0.15) is 0 Å². The highest BCUT2D eigenvalue weighted by Gasteiger charge is 2.32. The molecule has 1 saturated carbocycles. The SMILES string of the molecule is CN=C(NCC1CCCOC1c1ccc(C)cc1)NC1CCN(C(=O)C2CCCCC2)C1.I. The topological polar surface area (TPSA) is 66.0 Å². The lowest BCUT2D eigenvalue weighted by Gasteiger charge is -2.33. The smallest absolute Gasteiger partial charge is 0.225 e. The number of nitrogens with zero attached hydrogens (tertiary/aromatic N) is 2. The van der Waals surface area contributed by atoms with Gasteiger partial charge in [-0.1, -0.05) is 49.1 Å². The Kier molecular flexibility index (Phi) is 10.3. The van der Waals surface area contributed by atoms with Gasteiger partial charge < -0.3 is 20.3 Å². The van der Waals surface area contributed by atoms with E-state index in [1.807, 2.05) is 7.05 Å². The van der Waals surface area contributed by atoms with E-state index in [1.165, 1.54) is 30.4 Å². The second-order valence-electron chi connectivity index (χ2n) is 9.81. The van der Waals surface area contributed by atoms with E-state index in [0.29, 0.717) is 11.8 Å². The van der Waals surface area contributed by atoms with Crippen molar-refractivity contribution in [2.75, 3.05) is 33.3 Å². The van der Waals surface area contributed by atoms with Gasteiger partial charge in [0, 0.05) is 51.2 Å². The number of carbonyl (C=O) groups excluding carboxylic acids is 1. The summed E-state index contributed by atoms with van der Waals surface area (Å²) in [5.74, 6) is 1.87. The molecular weight excluding hydrogens is 527 g/mol. The first-order chi connectivity index (χ1) is 15.6. The molecule has 2 aliphatic heterocycles. The lowest BCUT2D eigenvalue weighted by Crippen LogP contribution is -2.47. The molecule has 33 heavy (non-hydrogen) atoms. The highest BCUT2D eigenvalue weighted by atomic mass is 127. The average Bonchev–Trinajstić information content (AvgIpc) is 3.31. The zero-order valence-corrected chi connectivity index (χ0v) is 22.6. The number of aliphatic imine (C=N–C) groups is 1. The summed E-state index contributed by atoms with van der Waals surface area (Å²) in [6.45, 7) is 5.42. The summed E-state index contributed by atoms with van der Waals surface area (Å²) < 4.78 is 6.17. The highest BCUT2D eigenvalue weighted by molar-refractivity contribution is 14.0. The molecule has 0 aromatic heterocycles. The first-order valence-corrected chi connectivity index (χ1v) is 12.6. The Hall–Kier alpha value is -1.35. The van der Waals surface area contributed by atoms with E-state index in [2.05, 4.69) is 51.7 Å². The van der Waals surface area contributed by atoms with Gasteiger partial charge in [0.1, 0.15) is 0 Å². The molecular formula is C26H41IN4O2. The first-order valence-electron chi connectivity index (χ1n) is 12.6. The number of likely N-dealkylation sites (tertiary alicyclic amines) is 1. The third-order valence-electron chi connectivity index (χ3n) is 7.40. The van der Waals surface area contributed by atoms with E-state index >= 15 is 0 Å². The van der Waals surface area contributed by atoms with Gasteiger partial charge >= 0.3 is 0 Å². The number of ether oxygens (including phenoxy) is 1. The second kappa shape index (κ2) is 12.9. The zero-order chi connectivity index (χ0) is 22.3. The summed E-state index contributed by atoms with van der Waals surface area (Å²) in [5, 5.41) is 7.10. The maximum Gasteiger partial charge on any atom is 0.225 e. The normalized spacial score (nSPS) is 26.5. The summed E-state index contributed by atoms with van der Waals surface area (Å²) >= 11 is 0. The van der Waals surface area contributed by atoms with Gasteiger partial charge in [0.2, 0.25) is 5.91 Å². The van der Waals surface area contributed by atoms with Gasteiger partial charge in [0.05, 0.1) is 6.10 Å². The summed E-state index contributed by atoms with van der Waals surface area (Å²) in [6.07, 6.45) is 9.20.